The van der Waals surface area contributed by atoms with E-state index in [4.69, 9.17) is 70.5 Å². The molecule has 2 atom stereocenters. The van der Waals surface area contributed by atoms with Crippen LogP contribution < -0.4 is 26.6 Å². The van der Waals surface area contributed by atoms with Crippen molar-refractivity contribution in [2.75, 3.05) is 123 Å². The van der Waals surface area contributed by atoms with Crippen LogP contribution in [0, 0.1) is 0 Å². The van der Waals surface area contributed by atoms with Gasteiger partial charge in [-0.2, -0.15) is 20.4 Å². The van der Waals surface area contributed by atoms with E-state index < -0.39 is 0 Å². The summed E-state index contributed by atoms with van der Waals surface area (Å²) < 4.78 is 5.27. The highest BCUT2D eigenvalue weighted by Crippen LogP contribution is 2.31. The number of anilines is 4. The molecule has 9 N–H and O–H groups in total. The second kappa shape index (κ2) is 36.8. The number of hydrogen-bond donors (Lipinski definition) is 9. The van der Waals surface area contributed by atoms with Crippen LogP contribution in [0.15, 0.2) is 97.1 Å². The molecule has 39 heteroatoms. The first-order valence-electron chi connectivity index (χ1n) is 36.0. The van der Waals surface area contributed by atoms with Crippen molar-refractivity contribution in [2.24, 2.45) is 0 Å². The van der Waals surface area contributed by atoms with E-state index in [1.807, 2.05) is 14.0 Å². The van der Waals surface area contributed by atoms with Gasteiger partial charge >= 0.3 is 24.1 Å². The standard InChI is InChI=1S/C19H23ClN6O3.C19H22ClN5O4.C18H21ClN6O3.C17H20ClN5O3/c1-24-9-14(10-24)29-25(2)18(27)17-15-11-26(7-6-16(15)22-23-17)19(28)21-13-5-3-4-12(20)8-13;1-24(29-14-6-8-28-11-14)18(26)17-15-10-25(7-5-16(15)22-23-17)19(27)21-13-4-2-3-12(20)9-13;1-24(28-13-8-20-9-13)17(26)16-14-10-25(6-5-15(14)22-23-16)18(27)21-12-4-2-3-11(19)7-12;1-10-7-14-13(15(21-20-14)16(24)22(2)26-3)9-23(10)17(25)19-12-6-4-5-11(18)8-12/h3-5,8,14H,6-7,9-11H2,1-2H3,(H,21,28)(H,22,23);2-4,9,14H,5-8,10-11H2,1H3,(H,21,27)(H,22,23);2-4,7,13,20H,5-6,8-10H2,1H3,(H,21,27)(H,22,23);4-6,8,10H,7,9H2,1-3H3,(H,19,25)(H,20,21). The number of likely N-dealkylation sites (N-methyl/N-ethyl adjacent to an activating group) is 1. The van der Waals surface area contributed by atoms with Crippen molar-refractivity contribution in [3.05, 3.63) is 185 Å². The number of benzene rings is 4. The molecule has 0 radical (unpaired) electrons. The van der Waals surface area contributed by atoms with Gasteiger partial charge in [-0.1, -0.05) is 70.7 Å². The van der Waals surface area contributed by atoms with Crippen LogP contribution in [0.1, 0.15) is 100 Å². The highest BCUT2D eigenvalue weighted by atomic mass is 35.5. The summed E-state index contributed by atoms with van der Waals surface area (Å²) in [4.78, 5) is 132. The normalized spacial score (nSPS) is 17.0. The number of rotatable bonds is 15. The zero-order valence-corrected chi connectivity index (χ0v) is 65.4. The minimum atomic E-state index is -0.366. The molecule has 594 valence electrons. The molecule has 3 saturated heterocycles. The quantitative estimate of drug-likeness (QED) is 0.0433. The molecule has 0 aliphatic carbocycles. The number of aromatic amines is 4. The van der Waals surface area contributed by atoms with E-state index in [0.717, 1.165) is 58.5 Å². The first-order valence-corrected chi connectivity index (χ1v) is 37.5. The predicted octanol–water partition coefficient (Wildman–Crippen LogP) is 8.72. The lowest BCUT2D eigenvalue weighted by Crippen LogP contribution is -2.52. The summed E-state index contributed by atoms with van der Waals surface area (Å²) in [6.45, 7) is 8.74. The van der Waals surface area contributed by atoms with E-state index in [1.165, 1.54) is 29.3 Å². The molecule has 0 saturated carbocycles. The molecule has 8 aromatic rings. The molecule has 112 heavy (non-hydrogen) atoms. The summed E-state index contributed by atoms with van der Waals surface area (Å²) in [6.07, 6.45) is 2.95. The Morgan fingerprint density at radius 3 is 1.16 bits per heavy atom. The number of hydroxylamine groups is 8. The van der Waals surface area contributed by atoms with Gasteiger partial charge in [-0.3, -0.25) is 58.9 Å². The number of ether oxygens (including phenoxy) is 1. The Balaban J connectivity index is 0.000000139. The lowest BCUT2D eigenvalue weighted by molar-refractivity contribution is -0.186. The topological polar surface area (TPSA) is 387 Å². The molecular formula is C73H86Cl4N22O13. The molecule has 0 bridgehead atoms. The molecule has 2 unspecified atom stereocenters. The Labute approximate surface area is 663 Å². The summed E-state index contributed by atoms with van der Waals surface area (Å²) >= 11 is 23.9. The molecule has 7 aliphatic rings. The second-order valence-electron chi connectivity index (χ2n) is 27.4. The number of fused-ring (bicyclic) bond motifs is 4. The summed E-state index contributed by atoms with van der Waals surface area (Å²) in [5.41, 5.74) is 9.89. The van der Waals surface area contributed by atoms with Gasteiger partial charge in [-0.25, -0.2) is 39.4 Å². The van der Waals surface area contributed by atoms with E-state index in [-0.39, 0.29) is 115 Å². The minimum Gasteiger partial charge on any atom is -0.379 e. The third-order valence-electron chi connectivity index (χ3n) is 19.4. The number of nitrogens with one attached hydrogen (secondary N) is 9. The summed E-state index contributed by atoms with van der Waals surface area (Å²) in [7, 11) is 9.65. The Morgan fingerprint density at radius 2 is 0.821 bits per heavy atom. The van der Waals surface area contributed by atoms with Crippen LogP contribution in [0.3, 0.4) is 0 Å². The monoisotopic (exact) mass is 1620 g/mol. The lowest BCUT2D eigenvalue weighted by atomic mass is 9.99. The Hall–Kier alpha value is -10.4. The number of amides is 12. The van der Waals surface area contributed by atoms with E-state index >= 15 is 0 Å². The van der Waals surface area contributed by atoms with Crippen molar-refractivity contribution in [3.8, 4) is 0 Å². The van der Waals surface area contributed by atoms with Crippen molar-refractivity contribution in [1.82, 2.24) is 90.9 Å². The van der Waals surface area contributed by atoms with Gasteiger partial charge in [0.2, 0.25) is 0 Å². The number of nitrogens with zero attached hydrogens (tertiary/aromatic N) is 13. The fourth-order valence-electron chi connectivity index (χ4n) is 13.1. The lowest BCUT2D eigenvalue weighted by Gasteiger charge is -2.37. The van der Waals surface area contributed by atoms with Gasteiger partial charge in [0.05, 0.1) is 39.9 Å². The summed E-state index contributed by atoms with van der Waals surface area (Å²) in [5.74, 6) is -1.38. The largest absolute Gasteiger partial charge is 0.379 e. The van der Waals surface area contributed by atoms with E-state index in [9.17, 15) is 38.4 Å². The van der Waals surface area contributed by atoms with E-state index in [0.29, 0.717) is 132 Å². The third-order valence-corrected chi connectivity index (χ3v) is 20.3. The Kier molecular flexibility index (Phi) is 26.6. The maximum Gasteiger partial charge on any atom is 0.322 e. The number of carbonyl (C=O) groups excluding carboxylic acids is 8. The Bertz CT molecular complexity index is 4730. The minimum absolute atomic E-state index is 0.00342. The number of hydrogen-bond acceptors (Lipinski definition) is 19. The fourth-order valence-corrected chi connectivity index (χ4v) is 13.8. The highest BCUT2D eigenvalue weighted by Gasteiger charge is 2.38. The zero-order valence-electron chi connectivity index (χ0n) is 62.4. The van der Waals surface area contributed by atoms with Crippen LogP contribution in [-0.2, 0) is 75.9 Å². The third kappa shape index (κ3) is 20.1. The van der Waals surface area contributed by atoms with Crippen LogP contribution in [0.2, 0.25) is 20.1 Å². The molecule has 3 fully saturated rings. The molecule has 0 spiro atoms. The van der Waals surface area contributed by atoms with Crippen LogP contribution in [-0.4, -0.2) is 259 Å². The average Bonchev–Trinajstić information content (AvgIpc) is 1.70. The van der Waals surface area contributed by atoms with Crippen LogP contribution in [0.5, 0.6) is 0 Å². The molecule has 4 aromatic heterocycles. The van der Waals surface area contributed by atoms with Crippen LogP contribution >= 0.6 is 46.4 Å². The van der Waals surface area contributed by atoms with Gasteiger partial charge in [-0.15, -0.1) is 0 Å². The van der Waals surface area contributed by atoms with Gasteiger partial charge in [-0.05, 0) is 86.8 Å². The molecular weight excluding hydrogens is 1530 g/mol. The number of carbonyl (C=O) groups is 8. The highest BCUT2D eigenvalue weighted by molar-refractivity contribution is 6.32. The number of halogens is 4. The van der Waals surface area contributed by atoms with E-state index in [1.54, 1.807) is 138 Å². The van der Waals surface area contributed by atoms with Gasteiger partial charge < -0.3 is 55.8 Å². The molecule has 12 amide bonds. The number of aromatic nitrogens is 8. The first kappa shape index (κ1) is 81.1. The molecule has 4 aromatic carbocycles. The van der Waals surface area contributed by atoms with E-state index in [2.05, 4.69) is 72.3 Å². The van der Waals surface area contributed by atoms with Crippen molar-refractivity contribution >= 4 is 117 Å². The maximum atomic E-state index is 12.8. The van der Waals surface area contributed by atoms with Crippen molar-refractivity contribution in [1.29, 1.82) is 0 Å². The first-order chi connectivity index (χ1) is 53.8. The zero-order chi connectivity index (χ0) is 79.4. The van der Waals surface area contributed by atoms with Crippen molar-refractivity contribution in [3.63, 3.8) is 0 Å². The predicted molar refractivity (Wildman–Crippen MR) is 413 cm³/mol. The average molecular weight is 1620 g/mol. The Morgan fingerprint density at radius 1 is 0.473 bits per heavy atom. The SMILES string of the molecule is CN(OC1CCOC1)C(=O)c1n[nH]c2c1CN(C(=O)Nc1cccc(Cl)c1)CC2.CN(OC1CNC1)C(=O)c1n[nH]c2c1CN(C(=O)Nc1cccc(Cl)c1)CC2.CN1CC(ON(C)C(=O)c2n[nH]c3c2CN(C(=O)Nc2cccc(Cl)c2)CC3)C1.CON(C)C(=O)c1n[nH]c2c1CN(C(=O)Nc1cccc(Cl)c1)C(C)C2. The summed E-state index contributed by atoms with van der Waals surface area (Å²) in [5, 5.41) is 49.7. The maximum absolute atomic E-state index is 12.8. The van der Waals surface area contributed by atoms with Gasteiger partial charge in [0.15, 0.2) is 22.8 Å². The summed E-state index contributed by atoms with van der Waals surface area (Å²) in [6, 6.07) is 26.8. The number of urea groups is 4. The molecule has 15 rings (SSSR count). The van der Waals surface area contributed by atoms with Crippen LogP contribution in [0.4, 0.5) is 41.9 Å². The fraction of sp³-hybridized carbons (Fsp3) is 0.397. The molecule has 7 aliphatic heterocycles. The van der Waals surface area contributed by atoms with Crippen molar-refractivity contribution in [2.45, 2.75) is 89.6 Å². The van der Waals surface area contributed by atoms with Gasteiger partial charge in [0, 0.05) is 207 Å². The molecule has 35 nitrogen and oxygen atoms in total. The second-order valence-corrected chi connectivity index (χ2v) is 29.1. The number of likely N-dealkylation sites (tertiary alicyclic amines) is 1. The van der Waals surface area contributed by atoms with Crippen molar-refractivity contribution < 1.29 is 62.4 Å². The van der Waals surface area contributed by atoms with Gasteiger partial charge in [0.1, 0.15) is 18.3 Å². The molecule has 11 heterocycles. The van der Waals surface area contributed by atoms with Crippen LogP contribution in [0.25, 0.3) is 0 Å². The smallest absolute Gasteiger partial charge is 0.322 e. The van der Waals surface area contributed by atoms with Gasteiger partial charge in [0.25, 0.3) is 23.6 Å². The number of H-pyrrole nitrogens is 4.